The first-order chi connectivity index (χ1) is 8.51. The molecule has 0 amide bonds. The minimum atomic E-state index is -1.17. The van der Waals surface area contributed by atoms with E-state index >= 15 is 0 Å². The summed E-state index contributed by atoms with van der Waals surface area (Å²) in [5.41, 5.74) is 0.0580. The summed E-state index contributed by atoms with van der Waals surface area (Å²) in [5.74, 6) is -3.03. The number of aliphatic hydroxyl groups excluding tert-OH is 1. The Morgan fingerprint density at radius 1 is 1.28 bits per heavy atom. The molecule has 0 aromatic carbocycles. The van der Waals surface area contributed by atoms with E-state index in [4.69, 9.17) is 0 Å². The van der Waals surface area contributed by atoms with Gasteiger partial charge in [-0.1, -0.05) is 12.2 Å². The van der Waals surface area contributed by atoms with Crippen molar-refractivity contribution in [2.75, 3.05) is 14.2 Å². The summed E-state index contributed by atoms with van der Waals surface area (Å²) in [6, 6.07) is 0. The zero-order valence-corrected chi connectivity index (χ0v) is 10.1. The van der Waals surface area contributed by atoms with Gasteiger partial charge in [-0.25, -0.2) is 9.59 Å². The second-order valence-electron chi connectivity index (χ2n) is 3.73. The van der Waals surface area contributed by atoms with Crippen LogP contribution in [0.1, 0.15) is 6.42 Å². The molecule has 0 saturated heterocycles. The van der Waals surface area contributed by atoms with E-state index < -0.39 is 29.7 Å². The summed E-state index contributed by atoms with van der Waals surface area (Å²) in [7, 11) is 2.30. The quantitative estimate of drug-likeness (QED) is 0.550. The monoisotopic (exact) mass is 254 g/mol. The molecular weight excluding hydrogens is 240 g/mol. The molecule has 2 atom stereocenters. The van der Waals surface area contributed by atoms with Crippen molar-refractivity contribution in [3.05, 3.63) is 23.8 Å². The van der Waals surface area contributed by atoms with E-state index in [-0.39, 0.29) is 12.0 Å². The number of Topliss-reactive ketones (excluding diaryl/α,β-unsaturated/α-hetero) is 1. The molecule has 0 heterocycles. The average molecular weight is 254 g/mol. The van der Waals surface area contributed by atoms with Crippen LogP contribution >= 0.6 is 0 Å². The van der Waals surface area contributed by atoms with Gasteiger partial charge in [-0.05, 0) is 6.08 Å². The highest BCUT2D eigenvalue weighted by atomic mass is 16.5. The second kappa shape index (κ2) is 6.11. The van der Waals surface area contributed by atoms with Crippen molar-refractivity contribution in [2.45, 2.75) is 12.5 Å². The van der Waals surface area contributed by atoms with Crippen molar-refractivity contribution in [3.63, 3.8) is 0 Å². The second-order valence-corrected chi connectivity index (χ2v) is 3.73. The Morgan fingerprint density at radius 2 is 1.94 bits per heavy atom. The number of methoxy groups -OCH3 is 2. The van der Waals surface area contributed by atoms with Crippen LogP contribution in [0.2, 0.25) is 0 Å². The normalized spacial score (nSPS) is 22.1. The number of aliphatic hydroxyl groups is 1. The van der Waals surface area contributed by atoms with Gasteiger partial charge in [0.25, 0.3) is 0 Å². The first-order valence-electron chi connectivity index (χ1n) is 5.27. The summed E-state index contributed by atoms with van der Waals surface area (Å²) in [5, 5.41) is 9.91. The maximum atomic E-state index is 11.4. The number of ketones is 1. The fourth-order valence-electron chi connectivity index (χ4n) is 1.63. The molecule has 0 aliphatic heterocycles. The van der Waals surface area contributed by atoms with E-state index in [0.29, 0.717) is 0 Å². The van der Waals surface area contributed by atoms with Gasteiger partial charge >= 0.3 is 11.9 Å². The predicted molar refractivity (Wildman–Crippen MR) is 60.4 cm³/mol. The van der Waals surface area contributed by atoms with Crippen LogP contribution in [-0.4, -0.2) is 43.2 Å². The number of allylic oxidation sites excluding steroid dienone is 2. The first kappa shape index (κ1) is 14.1. The van der Waals surface area contributed by atoms with E-state index in [2.05, 4.69) is 9.47 Å². The molecule has 0 spiro atoms. The standard InChI is InChI=1S/C12H14O6/c1-17-11(15)8-5-3-4-7(10(8)14)6-9(13)12(16)18-2/h3-5,7,10,14H,6H2,1-2H3/t7-,10-/m0/s1. The maximum Gasteiger partial charge on any atom is 0.374 e. The number of esters is 2. The predicted octanol–water partition coefficient (Wildman–Crippen LogP) is -0.235. The van der Waals surface area contributed by atoms with Crippen LogP contribution in [0.25, 0.3) is 0 Å². The van der Waals surface area contributed by atoms with E-state index in [1.807, 2.05) is 0 Å². The molecule has 98 valence electrons. The number of rotatable bonds is 4. The third-order valence-electron chi connectivity index (χ3n) is 2.61. The van der Waals surface area contributed by atoms with Crippen molar-refractivity contribution in [3.8, 4) is 0 Å². The summed E-state index contributed by atoms with van der Waals surface area (Å²) < 4.78 is 8.79. The molecule has 0 fully saturated rings. The topological polar surface area (TPSA) is 89.9 Å². The molecule has 1 rings (SSSR count). The van der Waals surface area contributed by atoms with Crippen molar-refractivity contribution in [1.82, 2.24) is 0 Å². The lowest BCUT2D eigenvalue weighted by Crippen LogP contribution is -2.31. The molecule has 0 aromatic rings. The highest BCUT2D eigenvalue weighted by Crippen LogP contribution is 2.23. The molecule has 1 aliphatic carbocycles. The Hall–Kier alpha value is -1.95. The van der Waals surface area contributed by atoms with Gasteiger partial charge in [0.2, 0.25) is 5.78 Å². The Morgan fingerprint density at radius 3 is 2.50 bits per heavy atom. The molecule has 0 unspecified atom stereocenters. The Balaban J connectivity index is 2.74. The largest absolute Gasteiger partial charge is 0.466 e. The third kappa shape index (κ3) is 3.04. The van der Waals surface area contributed by atoms with Gasteiger partial charge in [-0.15, -0.1) is 0 Å². The van der Waals surface area contributed by atoms with Gasteiger partial charge in [-0.3, -0.25) is 4.79 Å². The van der Waals surface area contributed by atoms with Gasteiger partial charge in [0, 0.05) is 12.3 Å². The Kier molecular flexibility index (Phi) is 4.79. The minimum absolute atomic E-state index is 0.0580. The van der Waals surface area contributed by atoms with E-state index in [0.717, 1.165) is 7.11 Å². The van der Waals surface area contributed by atoms with Crippen LogP contribution in [0, 0.1) is 5.92 Å². The summed E-state index contributed by atoms with van der Waals surface area (Å²) in [6.07, 6.45) is 3.11. The Bertz CT molecular complexity index is 420. The molecule has 0 saturated carbocycles. The molecule has 1 N–H and O–H groups in total. The number of carbonyl (C=O) groups excluding carboxylic acids is 3. The van der Waals surface area contributed by atoms with Crippen molar-refractivity contribution in [1.29, 1.82) is 0 Å². The highest BCUT2D eigenvalue weighted by Gasteiger charge is 2.31. The molecule has 6 heteroatoms. The van der Waals surface area contributed by atoms with E-state index in [1.54, 1.807) is 6.08 Å². The minimum Gasteiger partial charge on any atom is -0.466 e. The van der Waals surface area contributed by atoms with Gasteiger partial charge < -0.3 is 14.6 Å². The molecule has 0 radical (unpaired) electrons. The van der Waals surface area contributed by atoms with Gasteiger partial charge in [0.15, 0.2) is 0 Å². The SMILES string of the molecule is COC(=O)C(=O)C[C@@H]1C=CC=C(C(=O)OC)[C@H]1O. The fourth-order valence-corrected chi connectivity index (χ4v) is 1.63. The lowest BCUT2D eigenvalue weighted by atomic mass is 9.87. The molecule has 6 nitrogen and oxygen atoms in total. The molecule has 1 aliphatic rings. The lowest BCUT2D eigenvalue weighted by molar-refractivity contribution is -0.152. The zero-order valence-electron chi connectivity index (χ0n) is 10.1. The van der Waals surface area contributed by atoms with E-state index in [9.17, 15) is 19.5 Å². The molecule has 0 aromatic heterocycles. The van der Waals surface area contributed by atoms with Gasteiger partial charge in [0.1, 0.15) is 0 Å². The molecule has 0 bridgehead atoms. The number of hydrogen-bond acceptors (Lipinski definition) is 6. The van der Waals surface area contributed by atoms with Crippen molar-refractivity contribution >= 4 is 17.7 Å². The first-order valence-corrected chi connectivity index (χ1v) is 5.27. The highest BCUT2D eigenvalue weighted by molar-refractivity contribution is 6.33. The van der Waals surface area contributed by atoms with Gasteiger partial charge in [-0.2, -0.15) is 0 Å². The zero-order chi connectivity index (χ0) is 13.7. The van der Waals surface area contributed by atoms with Crippen LogP contribution in [0.4, 0.5) is 0 Å². The van der Waals surface area contributed by atoms with Crippen LogP contribution in [0.5, 0.6) is 0 Å². The molecule has 18 heavy (non-hydrogen) atoms. The maximum absolute atomic E-state index is 11.4. The van der Waals surface area contributed by atoms with Gasteiger partial charge in [0.05, 0.1) is 25.9 Å². The number of hydrogen-bond donors (Lipinski definition) is 1. The Labute approximate surface area is 104 Å². The summed E-state index contributed by atoms with van der Waals surface area (Å²) >= 11 is 0. The van der Waals surface area contributed by atoms with Crippen molar-refractivity contribution in [2.24, 2.45) is 5.92 Å². The summed E-state index contributed by atoms with van der Waals surface area (Å²) in [6.45, 7) is 0. The number of carbonyl (C=O) groups is 3. The number of ether oxygens (including phenoxy) is 2. The van der Waals surface area contributed by atoms with Crippen LogP contribution in [0.15, 0.2) is 23.8 Å². The van der Waals surface area contributed by atoms with E-state index in [1.165, 1.54) is 19.3 Å². The van der Waals surface area contributed by atoms with Crippen LogP contribution in [0.3, 0.4) is 0 Å². The van der Waals surface area contributed by atoms with Crippen LogP contribution < -0.4 is 0 Å². The van der Waals surface area contributed by atoms with Crippen LogP contribution in [-0.2, 0) is 23.9 Å². The fraction of sp³-hybridized carbons (Fsp3) is 0.417. The third-order valence-corrected chi connectivity index (χ3v) is 2.61. The average Bonchev–Trinajstić information content (AvgIpc) is 2.39. The summed E-state index contributed by atoms with van der Waals surface area (Å²) in [4.78, 5) is 33.7. The molecular formula is C12H14O6. The lowest BCUT2D eigenvalue weighted by Gasteiger charge is -2.22. The smallest absolute Gasteiger partial charge is 0.374 e. The van der Waals surface area contributed by atoms with Crippen molar-refractivity contribution < 1.29 is 29.0 Å².